The van der Waals surface area contributed by atoms with E-state index >= 15 is 0 Å². The van der Waals surface area contributed by atoms with Crippen molar-refractivity contribution >= 4 is 5.97 Å². The second-order valence-corrected chi connectivity index (χ2v) is 5.32. The van der Waals surface area contributed by atoms with Crippen molar-refractivity contribution in [1.82, 2.24) is 20.2 Å². The third kappa shape index (κ3) is 4.98. The Labute approximate surface area is 123 Å². The average molecular weight is 288 g/mol. The minimum atomic E-state index is -0.791. The Morgan fingerprint density at radius 3 is 2.76 bits per heavy atom. The Balaban J connectivity index is 1.84. The van der Waals surface area contributed by atoms with Gasteiger partial charge in [0, 0.05) is 19.4 Å². The fraction of sp³-hybridized carbons (Fsp3) is 0.467. The SMILES string of the molecule is CC(CC(=O)O)Cn1nnnc1CCCc1ccccc1. The molecule has 2 rings (SSSR count). The van der Waals surface area contributed by atoms with Crippen molar-refractivity contribution in [3.63, 3.8) is 0 Å². The fourth-order valence-electron chi connectivity index (χ4n) is 2.30. The first-order chi connectivity index (χ1) is 10.1. The molecule has 0 amide bonds. The van der Waals surface area contributed by atoms with E-state index in [0.29, 0.717) is 6.54 Å². The number of nitrogens with zero attached hydrogens (tertiary/aromatic N) is 4. The Morgan fingerprint density at radius 2 is 2.05 bits per heavy atom. The van der Waals surface area contributed by atoms with Crippen molar-refractivity contribution in [2.45, 2.75) is 39.2 Å². The van der Waals surface area contributed by atoms with Crippen LogP contribution < -0.4 is 0 Å². The monoisotopic (exact) mass is 288 g/mol. The molecule has 1 N–H and O–H groups in total. The van der Waals surface area contributed by atoms with Crippen LogP contribution in [0.15, 0.2) is 30.3 Å². The molecule has 0 aliphatic heterocycles. The Kier molecular flexibility index (Phi) is 5.43. The quantitative estimate of drug-likeness (QED) is 0.803. The predicted octanol–water partition coefficient (Wildman–Crippen LogP) is 1.96. The first-order valence-corrected chi connectivity index (χ1v) is 7.16. The number of tetrazole rings is 1. The van der Waals surface area contributed by atoms with E-state index in [9.17, 15) is 4.79 Å². The van der Waals surface area contributed by atoms with Gasteiger partial charge in [-0.15, -0.1) is 5.10 Å². The molecule has 1 aromatic heterocycles. The van der Waals surface area contributed by atoms with Gasteiger partial charge in [0.15, 0.2) is 5.82 Å². The number of hydrogen-bond acceptors (Lipinski definition) is 4. The standard InChI is InChI=1S/C15H20N4O2/c1-12(10-15(20)21)11-19-14(16-17-18-19)9-5-8-13-6-3-2-4-7-13/h2-4,6-7,12H,5,8-11H2,1H3,(H,20,21). The predicted molar refractivity (Wildman–Crippen MR) is 77.7 cm³/mol. The van der Waals surface area contributed by atoms with Gasteiger partial charge in [0.2, 0.25) is 0 Å². The smallest absolute Gasteiger partial charge is 0.303 e. The summed E-state index contributed by atoms with van der Waals surface area (Å²) in [6, 6.07) is 10.3. The molecule has 1 aromatic carbocycles. The van der Waals surface area contributed by atoms with Crippen molar-refractivity contribution in [3.8, 4) is 0 Å². The van der Waals surface area contributed by atoms with E-state index in [1.54, 1.807) is 4.68 Å². The molecule has 0 aliphatic rings. The Morgan fingerprint density at radius 1 is 1.29 bits per heavy atom. The number of aliphatic carboxylic acids is 1. The van der Waals surface area contributed by atoms with Crippen molar-refractivity contribution in [2.24, 2.45) is 5.92 Å². The number of benzene rings is 1. The zero-order valence-corrected chi connectivity index (χ0v) is 12.1. The van der Waals surface area contributed by atoms with Crippen LogP contribution in [0.1, 0.15) is 31.2 Å². The normalized spacial score (nSPS) is 12.2. The van der Waals surface area contributed by atoms with Gasteiger partial charge < -0.3 is 5.11 Å². The molecule has 0 radical (unpaired) electrons. The van der Waals surface area contributed by atoms with E-state index in [1.807, 2.05) is 25.1 Å². The molecule has 1 unspecified atom stereocenters. The molecule has 6 nitrogen and oxygen atoms in total. The maximum absolute atomic E-state index is 10.7. The largest absolute Gasteiger partial charge is 0.481 e. The van der Waals surface area contributed by atoms with Crippen LogP contribution in [-0.4, -0.2) is 31.3 Å². The summed E-state index contributed by atoms with van der Waals surface area (Å²) in [6.07, 6.45) is 2.88. The summed E-state index contributed by atoms with van der Waals surface area (Å²) in [6.45, 7) is 2.43. The minimum Gasteiger partial charge on any atom is -0.481 e. The summed E-state index contributed by atoms with van der Waals surface area (Å²) in [5, 5.41) is 20.5. The van der Waals surface area contributed by atoms with Gasteiger partial charge in [-0.2, -0.15) is 0 Å². The molecule has 1 atom stereocenters. The third-order valence-corrected chi connectivity index (χ3v) is 3.32. The van der Waals surface area contributed by atoms with Crippen LogP contribution >= 0.6 is 0 Å². The molecule has 0 aliphatic carbocycles. The van der Waals surface area contributed by atoms with Crippen molar-refractivity contribution in [2.75, 3.05) is 0 Å². The van der Waals surface area contributed by atoms with Gasteiger partial charge in [-0.3, -0.25) is 4.79 Å². The summed E-state index contributed by atoms with van der Waals surface area (Å²) in [4.78, 5) is 10.7. The van der Waals surface area contributed by atoms with Gasteiger partial charge in [-0.1, -0.05) is 37.3 Å². The van der Waals surface area contributed by atoms with Gasteiger partial charge >= 0.3 is 5.97 Å². The zero-order valence-electron chi connectivity index (χ0n) is 12.1. The van der Waals surface area contributed by atoms with Crippen LogP contribution in [0.5, 0.6) is 0 Å². The lowest BCUT2D eigenvalue weighted by atomic mass is 10.1. The highest BCUT2D eigenvalue weighted by Crippen LogP contribution is 2.09. The van der Waals surface area contributed by atoms with Crippen LogP contribution in [0, 0.1) is 5.92 Å². The summed E-state index contributed by atoms with van der Waals surface area (Å²) < 4.78 is 1.72. The lowest BCUT2D eigenvalue weighted by molar-refractivity contribution is -0.138. The summed E-state index contributed by atoms with van der Waals surface area (Å²) >= 11 is 0. The first-order valence-electron chi connectivity index (χ1n) is 7.16. The summed E-state index contributed by atoms with van der Waals surface area (Å²) in [7, 11) is 0. The number of carboxylic acids is 1. The lowest BCUT2D eigenvalue weighted by Gasteiger charge is -2.09. The number of hydrogen-bond donors (Lipinski definition) is 1. The van der Waals surface area contributed by atoms with Gasteiger partial charge in [-0.25, -0.2) is 4.68 Å². The molecule has 0 bridgehead atoms. The number of carbonyl (C=O) groups is 1. The molecular weight excluding hydrogens is 268 g/mol. The second kappa shape index (κ2) is 7.52. The second-order valence-electron chi connectivity index (χ2n) is 5.32. The lowest BCUT2D eigenvalue weighted by Crippen LogP contribution is -2.15. The van der Waals surface area contributed by atoms with Gasteiger partial charge in [0.1, 0.15) is 0 Å². The van der Waals surface area contributed by atoms with Gasteiger partial charge in [-0.05, 0) is 34.7 Å². The molecule has 6 heteroatoms. The molecule has 0 saturated carbocycles. The number of rotatable bonds is 8. The van der Waals surface area contributed by atoms with E-state index in [-0.39, 0.29) is 12.3 Å². The molecule has 0 fully saturated rings. The zero-order chi connectivity index (χ0) is 15.1. The van der Waals surface area contributed by atoms with Crippen LogP contribution in [0.2, 0.25) is 0 Å². The van der Waals surface area contributed by atoms with E-state index in [1.165, 1.54) is 5.56 Å². The maximum atomic E-state index is 10.7. The molecule has 112 valence electrons. The highest BCUT2D eigenvalue weighted by Gasteiger charge is 2.12. The molecule has 21 heavy (non-hydrogen) atoms. The maximum Gasteiger partial charge on any atom is 0.303 e. The van der Waals surface area contributed by atoms with Crippen molar-refractivity contribution in [1.29, 1.82) is 0 Å². The van der Waals surface area contributed by atoms with Crippen molar-refractivity contribution in [3.05, 3.63) is 41.7 Å². The van der Waals surface area contributed by atoms with Gasteiger partial charge in [0.05, 0.1) is 0 Å². The van der Waals surface area contributed by atoms with Crippen LogP contribution in [-0.2, 0) is 24.2 Å². The Hall–Kier alpha value is -2.24. The fourth-order valence-corrected chi connectivity index (χ4v) is 2.30. The highest BCUT2D eigenvalue weighted by molar-refractivity contribution is 5.66. The number of carboxylic acid groups (broad SMARTS) is 1. The van der Waals surface area contributed by atoms with E-state index < -0.39 is 5.97 Å². The van der Waals surface area contributed by atoms with E-state index in [2.05, 4.69) is 27.7 Å². The topological polar surface area (TPSA) is 80.9 Å². The third-order valence-electron chi connectivity index (χ3n) is 3.32. The van der Waals surface area contributed by atoms with Gasteiger partial charge in [0.25, 0.3) is 0 Å². The van der Waals surface area contributed by atoms with E-state index in [0.717, 1.165) is 25.1 Å². The molecular formula is C15H20N4O2. The van der Waals surface area contributed by atoms with Crippen LogP contribution in [0.3, 0.4) is 0 Å². The number of aromatic nitrogens is 4. The molecule has 1 heterocycles. The molecule has 2 aromatic rings. The average Bonchev–Trinajstić information content (AvgIpc) is 2.86. The van der Waals surface area contributed by atoms with E-state index in [4.69, 9.17) is 5.11 Å². The highest BCUT2D eigenvalue weighted by atomic mass is 16.4. The Bertz CT molecular complexity index is 568. The molecule has 0 saturated heterocycles. The number of aryl methyl sites for hydroxylation is 2. The van der Waals surface area contributed by atoms with Crippen molar-refractivity contribution < 1.29 is 9.90 Å². The first kappa shape index (κ1) is 15.2. The molecule has 0 spiro atoms. The van der Waals surface area contributed by atoms with Crippen LogP contribution in [0.4, 0.5) is 0 Å². The summed E-state index contributed by atoms with van der Waals surface area (Å²) in [5.41, 5.74) is 1.30. The van der Waals surface area contributed by atoms with Crippen LogP contribution in [0.25, 0.3) is 0 Å². The minimum absolute atomic E-state index is 0.0128. The summed E-state index contributed by atoms with van der Waals surface area (Å²) in [5.74, 6) is 0.0447.